The molecule has 2 N–H and O–H groups in total. The SMILES string of the molecule is O=C(NCCc1ccc(F)cc1)c1cc2c(Cl)cccc2[nH]c1=O. The maximum atomic E-state index is 12.8. The first-order valence-electron chi connectivity index (χ1n) is 7.39. The van der Waals surface area contributed by atoms with E-state index >= 15 is 0 Å². The second-order valence-corrected chi connectivity index (χ2v) is 5.75. The van der Waals surface area contributed by atoms with Crippen molar-refractivity contribution in [2.75, 3.05) is 6.54 Å². The van der Waals surface area contributed by atoms with Gasteiger partial charge < -0.3 is 10.3 Å². The molecule has 0 aliphatic heterocycles. The van der Waals surface area contributed by atoms with E-state index in [4.69, 9.17) is 11.6 Å². The average Bonchev–Trinajstić information content (AvgIpc) is 2.56. The van der Waals surface area contributed by atoms with E-state index < -0.39 is 11.5 Å². The molecule has 0 fully saturated rings. The molecular weight excluding hydrogens is 331 g/mol. The van der Waals surface area contributed by atoms with Crippen LogP contribution in [0.5, 0.6) is 0 Å². The lowest BCUT2D eigenvalue weighted by Crippen LogP contribution is -2.31. The molecule has 0 atom stereocenters. The molecule has 122 valence electrons. The monoisotopic (exact) mass is 344 g/mol. The van der Waals surface area contributed by atoms with Crippen molar-refractivity contribution in [2.45, 2.75) is 6.42 Å². The number of halogens is 2. The van der Waals surface area contributed by atoms with Gasteiger partial charge in [-0.15, -0.1) is 0 Å². The lowest BCUT2D eigenvalue weighted by molar-refractivity contribution is 0.0953. The van der Waals surface area contributed by atoms with Crippen LogP contribution in [0.4, 0.5) is 4.39 Å². The number of pyridine rings is 1. The molecule has 0 aliphatic rings. The highest BCUT2D eigenvalue weighted by molar-refractivity contribution is 6.35. The number of fused-ring (bicyclic) bond motifs is 1. The van der Waals surface area contributed by atoms with Crippen molar-refractivity contribution < 1.29 is 9.18 Å². The minimum Gasteiger partial charge on any atom is -0.352 e. The summed E-state index contributed by atoms with van der Waals surface area (Å²) in [6.45, 7) is 0.338. The normalized spacial score (nSPS) is 10.8. The molecule has 0 radical (unpaired) electrons. The summed E-state index contributed by atoms with van der Waals surface area (Å²) in [7, 11) is 0. The third kappa shape index (κ3) is 3.46. The molecule has 1 aromatic heterocycles. The van der Waals surface area contributed by atoms with Crippen LogP contribution >= 0.6 is 11.6 Å². The van der Waals surface area contributed by atoms with Gasteiger partial charge in [-0.1, -0.05) is 29.8 Å². The van der Waals surface area contributed by atoms with Crippen LogP contribution in [0.3, 0.4) is 0 Å². The first kappa shape index (κ1) is 16.2. The minimum absolute atomic E-state index is 0.00899. The summed E-state index contributed by atoms with van der Waals surface area (Å²) in [5, 5.41) is 3.77. The van der Waals surface area contributed by atoms with Gasteiger partial charge in [-0.2, -0.15) is 0 Å². The summed E-state index contributed by atoms with van der Waals surface area (Å²) < 4.78 is 12.8. The van der Waals surface area contributed by atoms with Crippen molar-refractivity contribution in [1.82, 2.24) is 10.3 Å². The zero-order chi connectivity index (χ0) is 17.1. The Labute approximate surface area is 142 Å². The highest BCUT2D eigenvalue weighted by atomic mass is 35.5. The first-order valence-corrected chi connectivity index (χ1v) is 7.76. The Hall–Kier alpha value is -2.66. The quantitative estimate of drug-likeness (QED) is 0.763. The number of hydrogen-bond acceptors (Lipinski definition) is 2. The van der Waals surface area contributed by atoms with Gasteiger partial charge in [0.1, 0.15) is 11.4 Å². The van der Waals surface area contributed by atoms with Gasteiger partial charge in [0.2, 0.25) is 0 Å². The Morgan fingerprint density at radius 1 is 1.17 bits per heavy atom. The lowest BCUT2D eigenvalue weighted by atomic mass is 10.1. The Kier molecular flexibility index (Phi) is 4.62. The van der Waals surface area contributed by atoms with Gasteiger partial charge in [0.05, 0.1) is 0 Å². The number of benzene rings is 2. The Bertz CT molecular complexity index is 951. The zero-order valence-electron chi connectivity index (χ0n) is 12.6. The maximum absolute atomic E-state index is 12.8. The van der Waals surface area contributed by atoms with Gasteiger partial charge in [-0.05, 0) is 42.3 Å². The van der Waals surface area contributed by atoms with Crippen molar-refractivity contribution in [3.63, 3.8) is 0 Å². The van der Waals surface area contributed by atoms with E-state index in [0.29, 0.717) is 28.9 Å². The molecule has 1 amide bonds. The van der Waals surface area contributed by atoms with Crippen molar-refractivity contribution in [3.05, 3.63) is 80.9 Å². The Morgan fingerprint density at radius 2 is 1.92 bits per heavy atom. The van der Waals surface area contributed by atoms with E-state index in [1.807, 2.05) is 0 Å². The fourth-order valence-corrected chi connectivity index (χ4v) is 2.66. The number of carbonyl (C=O) groups excluding carboxylic acids is 1. The maximum Gasteiger partial charge on any atom is 0.261 e. The molecule has 0 unspecified atom stereocenters. The molecule has 0 saturated carbocycles. The second kappa shape index (κ2) is 6.84. The molecule has 0 aliphatic carbocycles. The number of H-pyrrole nitrogens is 1. The van der Waals surface area contributed by atoms with Crippen molar-refractivity contribution >= 4 is 28.4 Å². The van der Waals surface area contributed by atoms with Gasteiger partial charge in [0.25, 0.3) is 11.5 Å². The number of carbonyl (C=O) groups is 1. The second-order valence-electron chi connectivity index (χ2n) is 5.35. The number of nitrogens with one attached hydrogen (secondary N) is 2. The van der Waals surface area contributed by atoms with Crippen molar-refractivity contribution in [1.29, 1.82) is 0 Å². The van der Waals surface area contributed by atoms with Crippen LogP contribution in [0, 0.1) is 5.82 Å². The smallest absolute Gasteiger partial charge is 0.261 e. The van der Waals surface area contributed by atoms with Crippen LogP contribution in [0.1, 0.15) is 15.9 Å². The molecule has 3 rings (SSSR count). The topological polar surface area (TPSA) is 62.0 Å². The molecule has 0 bridgehead atoms. The Morgan fingerprint density at radius 3 is 2.67 bits per heavy atom. The fourth-order valence-electron chi connectivity index (χ4n) is 2.43. The van der Waals surface area contributed by atoms with E-state index in [1.54, 1.807) is 30.3 Å². The number of rotatable bonds is 4. The van der Waals surface area contributed by atoms with E-state index in [9.17, 15) is 14.0 Å². The standard InChI is InChI=1S/C18H14ClFN2O2/c19-15-2-1-3-16-13(15)10-14(18(24)22-16)17(23)21-9-8-11-4-6-12(20)7-5-11/h1-7,10H,8-9H2,(H,21,23)(H,22,24). The van der Waals surface area contributed by atoms with Gasteiger partial charge >= 0.3 is 0 Å². The molecular formula is C18H14ClFN2O2. The van der Waals surface area contributed by atoms with Crippen molar-refractivity contribution in [2.24, 2.45) is 0 Å². The molecule has 4 nitrogen and oxygen atoms in total. The van der Waals surface area contributed by atoms with Crippen LogP contribution in [0.2, 0.25) is 5.02 Å². The third-order valence-electron chi connectivity index (χ3n) is 3.69. The van der Waals surface area contributed by atoms with Crippen LogP contribution in [-0.4, -0.2) is 17.4 Å². The summed E-state index contributed by atoms with van der Waals surface area (Å²) in [6, 6.07) is 12.7. The molecule has 0 saturated heterocycles. The summed E-state index contributed by atoms with van der Waals surface area (Å²) in [4.78, 5) is 26.9. The minimum atomic E-state index is -0.472. The summed E-state index contributed by atoms with van der Waals surface area (Å²) in [5.74, 6) is -0.775. The predicted molar refractivity (Wildman–Crippen MR) is 92.0 cm³/mol. The van der Waals surface area contributed by atoms with Crippen LogP contribution in [0.15, 0.2) is 53.3 Å². The highest BCUT2D eigenvalue weighted by Crippen LogP contribution is 2.21. The summed E-state index contributed by atoms with van der Waals surface area (Å²) in [6.07, 6.45) is 0.540. The van der Waals surface area contributed by atoms with E-state index in [1.165, 1.54) is 18.2 Å². The predicted octanol–water partition coefficient (Wildman–Crippen LogP) is 3.29. The number of aromatic amines is 1. The first-order chi connectivity index (χ1) is 11.5. The fraction of sp³-hybridized carbons (Fsp3) is 0.111. The lowest BCUT2D eigenvalue weighted by Gasteiger charge is -2.07. The van der Waals surface area contributed by atoms with Gasteiger partial charge in [0, 0.05) is 22.5 Å². The highest BCUT2D eigenvalue weighted by Gasteiger charge is 2.12. The Balaban J connectivity index is 1.74. The van der Waals surface area contributed by atoms with Gasteiger partial charge in [-0.25, -0.2) is 4.39 Å². The summed E-state index contributed by atoms with van der Waals surface area (Å²) in [5.41, 5.74) is 1.02. The van der Waals surface area contributed by atoms with Crippen LogP contribution < -0.4 is 10.9 Å². The van der Waals surface area contributed by atoms with Crippen molar-refractivity contribution in [3.8, 4) is 0 Å². The molecule has 2 aromatic carbocycles. The number of aromatic nitrogens is 1. The van der Waals surface area contributed by atoms with Gasteiger partial charge in [-0.3, -0.25) is 9.59 Å². The molecule has 3 aromatic rings. The average molecular weight is 345 g/mol. The van der Waals surface area contributed by atoms with E-state index in [2.05, 4.69) is 10.3 Å². The molecule has 0 spiro atoms. The van der Waals surface area contributed by atoms with Gasteiger partial charge in [0.15, 0.2) is 0 Å². The molecule has 6 heteroatoms. The van der Waals surface area contributed by atoms with Crippen LogP contribution in [-0.2, 0) is 6.42 Å². The number of hydrogen-bond donors (Lipinski definition) is 2. The third-order valence-corrected chi connectivity index (χ3v) is 4.02. The van der Waals surface area contributed by atoms with E-state index in [-0.39, 0.29) is 11.4 Å². The molecule has 24 heavy (non-hydrogen) atoms. The largest absolute Gasteiger partial charge is 0.352 e. The molecule has 1 heterocycles. The zero-order valence-corrected chi connectivity index (χ0v) is 13.4. The van der Waals surface area contributed by atoms with E-state index in [0.717, 1.165) is 5.56 Å². The number of amides is 1. The summed E-state index contributed by atoms with van der Waals surface area (Å²) >= 11 is 6.10. The van der Waals surface area contributed by atoms with Crippen LogP contribution in [0.25, 0.3) is 10.9 Å².